The summed E-state index contributed by atoms with van der Waals surface area (Å²) < 4.78 is 0. The van der Waals surface area contributed by atoms with E-state index in [1.165, 1.54) is 17.7 Å². The zero-order valence-electron chi connectivity index (χ0n) is 11.6. The van der Waals surface area contributed by atoms with Crippen molar-refractivity contribution < 1.29 is 0 Å². The highest BCUT2D eigenvalue weighted by molar-refractivity contribution is 14.0. The van der Waals surface area contributed by atoms with Crippen LogP contribution in [0.4, 0.5) is 0 Å². The Morgan fingerprint density at radius 3 is 2.55 bits per heavy atom. The minimum atomic E-state index is 0. The van der Waals surface area contributed by atoms with Crippen molar-refractivity contribution in [1.29, 1.82) is 0 Å². The third-order valence-electron chi connectivity index (χ3n) is 3.08. The molecule has 1 fully saturated rings. The average Bonchev–Trinajstić information content (AvgIpc) is 2.95. The summed E-state index contributed by atoms with van der Waals surface area (Å²) in [6.45, 7) is 3.18. The van der Waals surface area contributed by atoms with E-state index in [1.54, 1.807) is 0 Å². The minimum Gasteiger partial charge on any atom is -0.355 e. The van der Waals surface area contributed by atoms with Gasteiger partial charge in [0.1, 0.15) is 0 Å². The lowest BCUT2D eigenvalue weighted by Gasteiger charge is -2.20. The molecule has 1 saturated heterocycles. The van der Waals surface area contributed by atoms with Gasteiger partial charge in [-0.2, -0.15) is 0 Å². The molecule has 0 bridgehead atoms. The largest absolute Gasteiger partial charge is 0.355 e. The Kier molecular flexibility index (Phi) is 8.72. The SMILES string of the molecule is CN=C(NCCSc1ccc(Cl)cc1)N1CCCC1.I. The minimum absolute atomic E-state index is 0. The highest BCUT2D eigenvalue weighted by Gasteiger charge is 2.14. The summed E-state index contributed by atoms with van der Waals surface area (Å²) in [7, 11) is 1.85. The number of nitrogens with zero attached hydrogens (tertiary/aromatic N) is 2. The number of hydrogen-bond donors (Lipinski definition) is 1. The maximum atomic E-state index is 5.86. The predicted octanol–water partition coefficient (Wildman–Crippen LogP) is 3.72. The van der Waals surface area contributed by atoms with E-state index in [9.17, 15) is 0 Å². The molecule has 0 saturated carbocycles. The summed E-state index contributed by atoms with van der Waals surface area (Å²) in [5.74, 6) is 2.06. The molecular weight excluding hydrogens is 405 g/mol. The first-order valence-corrected chi connectivity index (χ1v) is 8.00. The van der Waals surface area contributed by atoms with E-state index in [2.05, 4.69) is 27.3 Å². The zero-order valence-corrected chi connectivity index (χ0v) is 15.5. The summed E-state index contributed by atoms with van der Waals surface area (Å²) in [6, 6.07) is 7.98. The smallest absolute Gasteiger partial charge is 0.193 e. The Morgan fingerprint density at radius 2 is 1.95 bits per heavy atom. The Bertz CT molecular complexity index is 419. The highest BCUT2D eigenvalue weighted by Crippen LogP contribution is 2.19. The first kappa shape index (κ1) is 17.9. The number of nitrogens with one attached hydrogen (secondary N) is 1. The molecule has 1 aliphatic heterocycles. The van der Waals surface area contributed by atoms with Gasteiger partial charge in [0.05, 0.1) is 0 Å². The Hall–Kier alpha value is -0.140. The summed E-state index contributed by atoms with van der Waals surface area (Å²) >= 11 is 7.69. The highest BCUT2D eigenvalue weighted by atomic mass is 127. The molecule has 20 heavy (non-hydrogen) atoms. The second-order valence-electron chi connectivity index (χ2n) is 4.47. The molecule has 0 amide bonds. The fourth-order valence-corrected chi connectivity index (χ4v) is 3.02. The monoisotopic (exact) mass is 425 g/mol. The van der Waals surface area contributed by atoms with Crippen molar-refractivity contribution in [2.45, 2.75) is 17.7 Å². The van der Waals surface area contributed by atoms with Crippen LogP contribution in [0.3, 0.4) is 0 Å². The molecule has 0 atom stereocenters. The molecule has 2 rings (SSSR count). The van der Waals surface area contributed by atoms with Crippen LogP contribution in [0.1, 0.15) is 12.8 Å². The number of thioether (sulfide) groups is 1. The predicted molar refractivity (Wildman–Crippen MR) is 99.8 cm³/mol. The van der Waals surface area contributed by atoms with Crippen molar-refractivity contribution in [3.63, 3.8) is 0 Å². The molecule has 1 aromatic rings. The van der Waals surface area contributed by atoms with Crippen LogP contribution in [-0.2, 0) is 0 Å². The van der Waals surface area contributed by atoms with Gasteiger partial charge in [-0.05, 0) is 37.1 Å². The number of halogens is 2. The van der Waals surface area contributed by atoms with E-state index in [4.69, 9.17) is 11.6 Å². The van der Waals surface area contributed by atoms with Crippen molar-refractivity contribution in [3.8, 4) is 0 Å². The Labute approximate surface area is 147 Å². The van der Waals surface area contributed by atoms with Crippen molar-refractivity contribution >= 4 is 53.3 Å². The summed E-state index contributed by atoms with van der Waals surface area (Å²) in [4.78, 5) is 7.91. The quantitative estimate of drug-likeness (QED) is 0.262. The first-order valence-electron chi connectivity index (χ1n) is 6.63. The van der Waals surface area contributed by atoms with E-state index in [1.807, 2.05) is 30.9 Å². The molecule has 0 unspecified atom stereocenters. The van der Waals surface area contributed by atoms with E-state index in [-0.39, 0.29) is 24.0 Å². The van der Waals surface area contributed by atoms with Crippen molar-refractivity contribution in [3.05, 3.63) is 29.3 Å². The van der Waals surface area contributed by atoms with Crippen LogP contribution >= 0.6 is 47.3 Å². The molecule has 0 radical (unpaired) electrons. The van der Waals surface area contributed by atoms with Gasteiger partial charge in [0.2, 0.25) is 0 Å². The van der Waals surface area contributed by atoms with Gasteiger partial charge in [-0.1, -0.05) is 11.6 Å². The van der Waals surface area contributed by atoms with Crippen LogP contribution in [0.25, 0.3) is 0 Å². The Morgan fingerprint density at radius 1 is 1.30 bits per heavy atom. The van der Waals surface area contributed by atoms with Crippen LogP contribution in [0.5, 0.6) is 0 Å². The van der Waals surface area contributed by atoms with E-state index < -0.39 is 0 Å². The fraction of sp³-hybridized carbons (Fsp3) is 0.500. The molecule has 6 heteroatoms. The maximum absolute atomic E-state index is 5.86. The van der Waals surface area contributed by atoms with Crippen LogP contribution in [0, 0.1) is 0 Å². The third-order valence-corrected chi connectivity index (χ3v) is 4.35. The van der Waals surface area contributed by atoms with Crippen molar-refractivity contribution in [2.75, 3.05) is 32.4 Å². The molecule has 1 aliphatic rings. The van der Waals surface area contributed by atoms with Gasteiger partial charge in [-0.3, -0.25) is 4.99 Å². The van der Waals surface area contributed by atoms with Gasteiger partial charge in [0, 0.05) is 42.4 Å². The van der Waals surface area contributed by atoms with Crippen molar-refractivity contribution in [1.82, 2.24) is 10.2 Å². The molecular formula is C14H21ClIN3S. The van der Waals surface area contributed by atoms with Crippen molar-refractivity contribution in [2.24, 2.45) is 4.99 Å². The Balaban J connectivity index is 0.00000200. The molecule has 3 nitrogen and oxygen atoms in total. The lowest BCUT2D eigenvalue weighted by atomic mass is 10.4. The number of benzene rings is 1. The number of aliphatic imine (C=N–C) groups is 1. The topological polar surface area (TPSA) is 27.6 Å². The van der Waals surface area contributed by atoms with Gasteiger partial charge in [-0.25, -0.2) is 0 Å². The molecule has 1 heterocycles. The van der Waals surface area contributed by atoms with E-state index >= 15 is 0 Å². The first-order chi connectivity index (χ1) is 9.29. The van der Waals surface area contributed by atoms with E-state index in [0.29, 0.717) is 0 Å². The summed E-state index contributed by atoms with van der Waals surface area (Å²) in [5, 5.41) is 4.21. The number of rotatable bonds is 4. The van der Waals surface area contributed by atoms with Crippen LogP contribution < -0.4 is 5.32 Å². The molecule has 0 aromatic heterocycles. The zero-order chi connectivity index (χ0) is 13.5. The van der Waals surface area contributed by atoms with E-state index in [0.717, 1.165) is 36.4 Å². The summed E-state index contributed by atoms with van der Waals surface area (Å²) in [5.41, 5.74) is 0. The maximum Gasteiger partial charge on any atom is 0.193 e. The third kappa shape index (κ3) is 5.69. The number of guanidine groups is 1. The lowest BCUT2D eigenvalue weighted by Crippen LogP contribution is -2.40. The molecule has 1 N–H and O–H groups in total. The molecule has 0 spiro atoms. The van der Waals surface area contributed by atoms with Crippen LogP contribution in [0.2, 0.25) is 5.02 Å². The lowest BCUT2D eigenvalue weighted by molar-refractivity contribution is 0.496. The van der Waals surface area contributed by atoms with Gasteiger partial charge in [-0.15, -0.1) is 35.7 Å². The molecule has 0 aliphatic carbocycles. The van der Waals surface area contributed by atoms with Crippen LogP contribution in [-0.4, -0.2) is 43.3 Å². The normalized spacial score (nSPS) is 15.1. The van der Waals surface area contributed by atoms with Crippen LogP contribution in [0.15, 0.2) is 34.2 Å². The molecule has 112 valence electrons. The second-order valence-corrected chi connectivity index (χ2v) is 6.08. The molecule has 1 aromatic carbocycles. The van der Waals surface area contributed by atoms with Gasteiger partial charge >= 0.3 is 0 Å². The standard InChI is InChI=1S/C14H20ClN3S.HI/c1-16-14(18-9-2-3-10-18)17-8-11-19-13-6-4-12(15)5-7-13;/h4-7H,2-3,8-11H2,1H3,(H,16,17);1H. The van der Waals surface area contributed by atoms with Gasteiger partial charge in [0.25, 0.3) is 0 Å². The summed E-state index contributed by atoms with van der Waals surface area (Å²) in [6.07, 6.45) is 2.56. The fourth-order valence-electron chi connectivity index (χ4n) is 2.12. The van der Waals surface area contributed by atoms with Gasteiger partial charge in [0.15, 0.2) is 5.96 Å². The number of hydrogen-bond acceptors (Lipinski definition) is 2. The number of likely N-dealkylation sites (tertiary alicyclic amines) is 1. The average molecular weight is 426 g/mol. The second kappa shape index (κ2) is 9.73. The van der Waals surface area contributed by atoms with Gasteiger partial charge < -0.3 is 10.2 Å².